The number of nitriles is 1. The molecule has 2 N–H and O–H groups in total. The maximum Gasteiger partial charge on any atom is 0.243 e. The van der Waals surface area contributed by atoms with E-state index in [9.17, 15) is 13.5 Å². The molecule has 3 aromatic rings. The summed E-state index contributed by atoms with van der Waals surface area (Å²) in [5, 5.41) is 23.2. The number of aliphatic imine (C=N–C) groups is 1. The maximum atomic E-state index is 13.2. The Kier molecular flexibility index (Phi) is 7.20. The van der Waals surface area contributed by atoms with Gasteiger partial charge in [-0.05, 0) is 61.4 Å². The lowest BCUT2D eigenvalue weighted by atomic mass is 9.92. The molecule has 2 aliphatic rings. The maximum absolute atomic E-state index is 13.2. The first-order valence-electron chi connectivity index (χ1n) is 12.2. The summed E-state index contributed by atoms with van der Waals surface area (Å²) in [5.41, 5.74) is 1.68. The molecule has 0 spiro atoms. The quantitative estimate of drug-likeness (QED) is 0.477. The van der Waals surface area contributed by atoms with E-state index in [1.54, 1.807) is 60.9 Å². The van der Waals surface area contributed by atoms with E-state index in [2.05, 4.69) is 26.3 Å². The summed E-state index contributed by atoms with van der Waals surface area (Å²) < 4.78 is 27.9. The second kappa shape index (κ2) is 10.7. The van der Waals surface area contributed by atoms with Crippen molar-refractivity contribution in [2.75, 3.05) is 31.6 Å². The summed E-state index contributed by atoms with van der Waals surface area (Å²) in [6, 6.07) is 17.5. The largest absolute Gasteiger partial charge is 0.388 e. The summed E-state index contributed by atoms with van der Waals surface area (Å²) >= 11 is 0. The Balaban J connectivity index is 1.23. The zero-order valence-corrected chi connectivity index (χ0v) is 21.4. The van der Waals surface area contributed by atoms with Gasteiger partial charge in [0.05, 0.1) is 27.8 Å². The zero-order chi connectivity index (χ0) is 26.6. The number of aromatic nitrogens is 2. The van der Waals surface area contributed by atoms with Gasteiger partial charge in [0, 0.05) is 49.5 Å². The van der Waals surface area contributed by atoms with Crippen molar-refractivity contribution in [3.63, 3.8) is 0 Å². The van der Waals surface area contributed by atoms with Gasteiger partial charge >= 0.3 is 0 Å². The molecule has 1 saturated heterocycles. The van der Waals surface area contributed by atoms with Gasteiger partial charge in [-0.1, -0.05) is 12.1 Å². The average Bonchev–Trinajstić information content (AvgIpc) is 2.94. The van der Waals surface area contributed by atoms with Crippen molar-refractivity contribution in [2.45, 2.75) is 23.3 Å². The highest BCUT2D eigenvalue weighted by Crippen LogP contribution is 2.29. The lowest BCUT2D eigenvalue weighted by molar-refractivity contribution is -0.0237. The van der Waals surface area contributed by atoms with Crippen LogP contribution in [0.5, 0.6) is 0 Å². The van der Waals surface area contributed by atoms with Crippen LogP contribution in [0, 0.1) is 11.3 Å². The molecule has 38 heavy (non-hydrogen) atoms. The van der Waals surface area contributed by atoms with Crippen molar-refractivity contribution < 1.29 is 13.5 Å². The van der Waals surface area contributed by atoms with E-state index < -0.39 is 15.6 Å². The van der Waals surface area contributed by atoms with Gasteiger partial charge in [-0.25, -0.2) is 18.4 Å². The number of anilines is 2. The highest BCUT2D eigenvalue weighted by Gasteiger charge is 2.38. The molecule has 1 fully saturated rings. The van der Waals surface area contributed by atoms with Crippen molar-refractivity contribution in [1.29, 1.82) is 5.26 Å². The molecule has 2 aromatic carbocycles. The first-order chi connectivity index (χ1) is 18.3. The third kappa shape index (κ3) is 5.73. The summed E-state index contributed by atoms with van der Waals surface area (Å²) in [7, 11) is -3.70. The van der Waals surface area contributed by atoms with Crippen molar-refractivity contribution in [3.8, 4) is 17.3 Å². The summed E-state index contributed by atoms with van der Waals surface area (Å²) in [4.78, 5) is 15.1. The molecular weight excluding hydrogens is 502 g/mol. The molecule has 0 bridgehead atoms. The molecule has 0 unspecified atom stereocenters. The number of aliphatic hydroxyl groups is 1. The van der Waals surface area contributed by atoms with Crippen LogP contribution >= 0.6 is 0 Å². The monoisotopic (exact) mass is 529 g/mol. The number of sulfonamides is 1. The normalized spacial score (nSPS) is 17.2. The first kappa shape index (κ1) is 25.5. The second-order valence-electron chi connectivity index (χ2n) is 9.30. The average molecular weight is 530 g/mol. The van der Waals surface area contributed by atoms with Gasteiger partial charge in [0.25, 0.3) is 0 Å². The molecular formula is C27H27N7O3S. The fourth-order valence-corrected chi connectivity index (χ4v) is 5.96. The minimum atomic E-state index is -3.70. The first-order valence-corrected chi connectivity index (χ1v) is 13.6. The molecule has 2 aliphatic heterocycles. The topological polar surface area (TPSA) is 135 Å². The third-order valence-corrected chi connectivity index (χ3v) is 8.51. The van der Waals surface area contributed by atoms with Crippen molar-refractivity contribution in [3.05, 3.63) is 78.6 Å². The molecule has 3 heterocycles. The Labute approximate surface area is 221 Å². The van der Waals surface area contributed by atoms with Crippen LogP contribution in [0.1, 0.15) is 18.4 Å². The van der Waals surface area contributed by atoms with Crippen molar-refractivity contribution in [2.24, 2.45) is 4.99 Å². The Morgan fingerprint density at radius 3 is 2.61 bits per heavy atom. The van der Waals surface area contributed by atoms with E-state index in [-0.39, 0.29) is 18.0 Å². The van der Waals surface area contributed by atoms with Crippen LogP contribution in [0.3, 0.4) is 0 Å². The van der Waals surface area contributed by atoms with Crippen LogP contribution in [0.15, 0.2) is 83.0 Å². The fraction of sp³-hybridized carbons (Fsp3) is 0.259. The van der Waals surface area contributed by atoms with Gasteiger partial charge in [-0.3, -0.25) is 4.99 Å². The van der Waals surface area contributed by atoms with Gasteiger partial charge in [0.15, 0.2) is 0 Å². The molecule has 0 atom stereocenters. The molecule has 0 radical (unpaired) electrons. The number of β-amino-alcohol motifs (C(OH)–C–C–N with tert-alkyl or cyclic N) is 1. The van der Waals surface area contributed by atoms with Gasteiger partial charge in [0.1, 0.15) is 6.67 Å². The molecule has 10 nitrogen and oxygen atoms in total. The van der Waals surface area contributed by atoms with Crippen LogP contribution in [-0.4, -0.2) is 70.8 Å². The molecule has 0 amide bonds. The Bertz CT molecular complexity index is 1510. The lowest BCUT2D eigenvalue weighted by Gasteiger charge is -2.40. The Hall–Kier alpha value is -4.11. The number of nitrogens with zero attached hydrogens (tertiary/aromatic N) is 6. The predicted molar refractivity (Wildman–Crippen MR) is 144 cm³/mol. The van der Waals surface area contributed by atoms with Gasteiger partial charge in [-0.15, -0.1) is 0 Å². The molecule has 11 heteroatoms. The van der Waals surface area contributed by atoms with Gasteiger partial charge in [0.2, 0.25) is 16.0 Å². The highest BCUT2D eigenvalue weighted by molar-refractivity contribution is 7.89. The van der Waals surface area contributed by atoms with Crippen LogP contribution in [0.2, 0.25) is 0 Å². The van der Waals surface area contributed by atoms with Crippen molar-refractivity contribution >= 4 is 27.9 Å². The summed E-state index contributed by atoms with van der Waals surface area (Å²) in [6.45, 7) is 1.40. The number of hydrogen-bond acceptors (Lipinski definition) is 9. The SMILES string of the molecule is N#Cc1cccc(-c2ccnc(Nc3ccc(S(=O)(=O)N4CCC(O)(CN5C=CC=NC5)CC4)cc3)n2)c1. The molecule has 194 valence electrons. The Morgan fingerprint density at radius 1 is 1.11 bits per heavy atom. The van der Waals surface area contributed by atoms with E-state index in [4.69, 9.17) is 5.26 Å². The van der Waals surface area contributed by atoms with Crippen LogP contribution in [0.4, 0.5) is 11.6 Å². The standard InChI is InChI=1S/C27H27N7O3S/c28-18-21-3-1-4-22(17-21)25-9-13-30-26(32-25)31-23-5-7-24(8-6-23)38(36,37)34-15-10-27(35,11-16-34)19-33-14-2-12-29-20-33/h1-9,12-14,17,35H,10-11,15-16,19-20H2,(H,30,31,32). The van der Waals surface area contributed by atoms with E-state index in [0.29, 0.717) is 48.9 Å². The minimum absolute atomic E-state index is 0.185. The smallest absolute Gasteiger partial charge is 0.243 e. The number of benzene rings is 2. The van der Waals surface area contributed by atoms with E-state index in [0.717, 1.165) is 5.56 Å². The van der Waals surface area contributed by atoms with Crippen LogP contribution in [0.25, 0.3) is 11.3 Å². The Morgan fingerprint density at radius 2 is 1.89 bits per heavy atom. The number of hydrogen-bond donors (Lipinski definition) is 2. The number of rotatable bonds is 7. The molecule has 0 saturated carbocycles. The molecule has 1 aromatic heterocycles. The van der Waals surface area contributed by atoms with Crippen molar-refractivity contribution in [1.82, 2.24) is 19.2 Å². The highest BCUT2D eigenvalue weighted by atomic mass is 32.2. The van der Waals surface area contributed by atoms with E-state index >= 15 is 0 Å². The summed E-state index contributed by atoms with van der Waals surface area (Å²) in [5.74, 6) is 0.352. The van der Waals surface area contributed by atoms with E-state index in [1.807, 2.05) is 23.2 Å². The van der Waals surface area contributed by atoms with Gasteiger partial charge in [-0.2, -0.15) is 9.57 Å². The van der Waals surface area contributed by atoms with Gasteiger partial charge < -0.3 is 15.3 Å². The second-order valence-corrected chi connectivity index (χ2v) is 11.2. The van der Waals surface area contributed by atoms with E-state index in [1.165, 1.54) is 4.31 Å². The molecule has 5 rings (SSSR count). The van der Waals surface area contributed by atoms with Crippen LogP contribution < -0.4 is 5.32 Å². The lowest BCUT2D eigenvalue weighted by Crippen LogP contribution is -2.51. The minimum Gasteiger partial charge on any atom is -0.388 e. The zero-order valence-electron chi connectivity index (χ0n) is 20.6. The number of nitrogens with one attached hydrogen (secondary N) is 1. The van der Waals surface area contributed by atoms with Crippen LogP contribution in [-0.2, 0) is 10.0 Å². The fourth-order valence-electron chi connectivity index (χ4n) is 4.52. The number of piperidine rings is 1. The third-order valence-electron chi connectivity index (χ3n) is 6.59. The predicted octanol–water partition coefficient (Wildman–Crippen LogP) is 3.13. The summed E-state index contributed by atoms with van der Waals surface area (Å²) in [6.07, 6.45) is 7.75. The number of allylic oxidation sites excluding steroid dienone is 1. The molecule has 0 aliphatic carbocycles.